The number of likely N-dealkylation sites (N-methyl/N-ethyl adjacent to an activating group) is 1. The van der Waals surface area contributed by atoms with Crippen LogP contribution in [0.15, 0.2) is 30.6 Å². The summed E-state index contributed by atoms with van der Waals surface area (Å²) in [6.45, 7) is 0.885. The minimum atomic E-state index is 0.836. The highest BCUT2D eigenvalue weighted by molar-refractivity contribution is 5.54. The lowest BCUT2D eigenvalue weighted by Crippen LogP contribution is -2.15. The molecule has 0 fully saturated rings. The van der Waals surface area contributed by atoms with Crippen LogP contribution in [0.25, 0.3) is 0 Å². The van der Waals surface area contributed by atoms with Gasteiger partial charge in [0.2, 0.25) is 0 Å². The third-order valence-corrected chi connectivity index (χ3v) is 2.58. The molecule has 0 bridgehead atoms. The van der Waals surface area contributed by atoms with Crippen LogP contribution in [0.2, 0.25) is 0 Å². The smallest absolute Gasteiger partial charge is 0.137 e. The van der Waals surface area contributed by atoms with Gasteiger partial charge in [0.1, 0.15) is 17.5 Å². The molecule has 2 aromatic rings. The predicted molar refractivity (Wildman–Crippen MR) is 68.5 cm³/mol. The third kappa shape index (κ3) is 2.82. The standard InChI is InChI=1S/C12H17N5/c1-13-8-5-10-14-9-6-12(16-10)17(2)11-4-3-7-15-11/h3-4,6-7,9,13,15H,5,8H2,1-2H3. The van der Waals surface area contributed by atoms with E-state index in [9.17, 15) is 0 Å². The van der Waals surface area contributed by atoms with Gasteiger partial charge in [-0.2, -0.15) is 0 Å². The molecule has 17 heavy (non-hydrogen) atoms. The number of aromatic amines is 1. The molecule has 0 aliphatic carbocycles. The molecule has 0 aliphatic rings. The van der Waals surface area contributed by atoms with Crippen molar-refractivity contribution >= 4 is 11.6 Å². The van der Waals surface area contributed by atoms with Gasteiger partial charge in [-0.15, -0.1) is 0 Å². The van der Waals surface area contributed by atoms with Crippen LogP contribution in [0.5, 0.6) is 0 Å². The van der Waals surface area contributed by atoms with Gasteiger partial charge in [-0.25, -0.2) is 9.97 Å². The van der Waals surface area contributed by atoms with Gasteiger partial charge in [0.15, 0.2) is 0 Å². The Morgan fingerprint density at radius 1 is 1.41 bits per heavy atom. The summed E-state index contributed by atoms with van der Waals surface area (Å²) in [6.07, 6.45) is 4.53. The van der Waals surface area contributed by atoms with E-state index < -0.39 is 0 Å². The highest BCUT2D eigenvalue weighted by Crippen LogP contribution is 2.18. The Hall–Kier alpha value is -1.88. The zero-order chi connectivity index (χ0) is 12.1. The van der Waals surface area contributed by atoms with E-state index in [1.54, 1.807) is 6.20 Å². The SMILES string of the molecule is CNCCc1nccc(N(C)c2ccc[nH]2)n1. The topological polar surface area (TPSA) is 56.8 Å². The average Bonchev–Trinajstić information content (AvgIpc) is 2.89. The first-order chi connectivity index (χ1) is 8.31. The Morgan fingerprint density at radius 2 is 2.29 bits per heavy atom. The van der Waals surface area contributed by atoms with Crippen LogP contribution >= 0.6 is 0 Å². The van der Waals surface area contributed by atoms with Gasteiger partial charge in [-0.1, -0.05) is 0 Å². The summed E-state index contributed by atoms with van der Waals surface area (Å²) in [5.41, 5.74) is 0. The molecule has 0 unspecified atom stereocenters. The Balaban J connectivity index is 2.15. The van der Waals surface area contributed by atoms with Crippen molar-refractivity contribution < 1.29 is 0 Å². The summed E-state index contributed by atoms with van der Waals surface area (Å²) in [5, 5.41) is 3.09. The van der Waals surface area contributed by atoms with Crippen molar-refractivity contribution in [2.24, 2.45) is 0 Å². The fraction of sp³-hybridized carbons (Fsp3) is 0.333. The lowest BCUT2D eigenvalue weighted by molar-refractivity contribution is 0.754. The van der Waals surface area contributed by atoms with Crippen LogP contribution in [0.3, 0.4) is 0 Å². The first-order valence-corrected chi connectivity index (χ1v) is 5.65. The molecule has 0 amide bonds. The van der Waals surface area contributed by atoms with Crippen molar-refractivity contribution in [2.75, 3.05) is 25.5 Å². The summed E-state index contributed by atoms with van der Waals surface area (Å²) in [6, 6.07) is 5.88. The molecular formula is C12H17N5. The Kier molecular flexibility index (Phi) is 3.72. The van der Waals surface area contributed by atoms with Crippen LogP contribution in [0.4, 0.5) is 11.6 Å². The van der Waals surface area contributed by atoms with Crippen LogP contribution in [0.1, 0.15) is 5.82 Å². The normalized spacial score (nSPS) is 10.5. The predicted octanol–water partition coefficient (Wildman–Crippen LogP) is 1.33. The lowest BCUT2D eigenvalue weighted by atomic mass is 10.4. The molecule has 90 valence electrons. The third-order valence-electron chi connectivity index (χ3n) is 2.58. The number of rotatable bonds is 5. The van der Waals surface area contributed by atoms with Crippen LogP contribution < -0.4 is 10.2 Å². The highest BCUT2D eigenvalue weighted by atomic mass is 15.2. The number of anilines is 2. The van der Waals surface area contributed by atoms with Crippen molar-refractivity contribution in [1.82, 2.24) is 20.3 Å². The Morgan fingerprint density at radius 3 is 3.00 bits per heavy atom. The van der Waals surface area contributed by atoms with Gasteiger partial charge in [0, 0.05) is 32.4 Å². The molecule has 5 heteroatoms. The number of aromatic nitrogens is 3. The number of nitrogens with one attached hydrogen (secondary N) is 2. The van der Waals surface area contributed by atoms with Crippen LogP contribution in [-0.4, -0.2) is 35.6 Å². The minimum Gasteiger partial charge on any atom is -0.348 e. The monoisotopic (exact) mass is 231 g/mol. The van der Waals surface area contributed by atoms with E-state index in [1.165, 1.54) is 0 Å². The second-order valence-electron chi connectivity index (χ2n) is 3.80. The molecule has 2 rings (SSSR count). The largest absolute Gasteiger partial charge is 0.348 e. The van der Waals surface area contributed by atoms with Gasteiger partial charge in [0.25, 0.3) is 0 Å². The zero-order valence-corrected chi connectivity index (χ0v) is 10.1. The number of H-pyrrole nitrogens is 1. The minimum absolute atomic E-state index is 0.836. The molecule has 5 nitrogen and oxygen atoms in total. The molecule has 2 heterocycles. The second-order valence-corrected chi connectivity index (χ2v) is 3.80. The molecule has 0 aromatic carbocycles. The zero-order valence-electron chi connectivity index (χ0n) is 10.1. The van der Waals surface area contributed by atoms with Crippen LogP contribution in [-0.2, 0) is 6.42 Å². The maximum Gasteiger partial charge on any atom is 0.137 e. The van der Waals surface area contributed by atoms with Crippen molar-refractivity contribution in [3.05, 3.63) is 36.4 Å². The summed E-state index contributed by atoms with van der Waals surface area (Å²) in [7, 11) is 3.91. The van der Waals surface area contributed by atoms with Gasteiger partial charge >= 0.3 is 0 Å². The molecule has 0 radical (unpaired) electrons. The summed E-state index contributed by atoms with van der Waals surface area (Å²) in [4.78, 5) is 13.9. The fourth-order valence-electron chi connectivity index (χ4n) is 1.59. The molecule has 2 aromatic heterocycles. The van der Waals surface area contributed by atoms with Crippen molar-refractivity contribution in [3.8, 4) is 0 Å². The second kappa shape index (κ2) is 5.45. The van der Waals surface area contributed by atoms with Crippen molar-refractivity contribution in [2.45, 2.75) is 6.42 Å². The molecule has 0 saturated heterocycles. The van der Waals surface area contributed by atoms with Gasteiger partial charge in [0.05, 0.1) is 0 Å². The Bertz CT molecular complexity index is 452. The molecule has 0 spiro atoms. The number of nitrogens with zero attached hydrogens (tertiary/aromatic N) is 3. The molecule has 0 atom stereocenters. The van der Waals surface area contributed by atoms with Crippen LogP contribution in [0, 0.1) is 0 Å². The lowest BCUT2D eigenvalue weighted by Gasteiger charge is -2.16. The molecule has 2 N–H and O–H groups in total. The van der Waals surface area contributed by atoms with Gasteiger partial charge in [-0.3, -0.25) is 0 Å². The van der Waals surface area contributed by atoms with Gasteiger partial charge < -0.3 is 15.2 Å². The average molecular weight is 231 g/mol. The summed E-state index contributed by atoms with van der Waals surface area (Å²) < 4.78 is 0. The summed E-state index contributed by atoms with van der Waals surface area (Å²) in [5.74, 6) is 2.77. The Labute approximate surface area is 101 Å². The highest BCUT2D eigenvalue weighted by Gasteiger charge is 2.06. The van der Waals surface area contributed by atoms with Crippen molar-refractivity contribution in [1.29, 1.82) is 0 Å². The summed E-state index contributed by atoms with van der Waals surface area (Å²) >= 11 is 0. The number of hydrogen-bond acceptors (Lipinski definition) is 4. The molecular weight excluding hydrogens is 214 g/mol. The number of hydrogen-bond donors (Lipinski definition) is 2. The van der Waals surface area contributed by atoms with E-state index in [2.05, 4.69) is 20.3 Å². The first-order valence-electron chi connectivity index (χ1n) is 5.65. The van der Waals surface area contributed by atoms with E-state index in [-0.39, 0.29) is 0 Å². The quantitative estimate of drug-likeness (QED) is 0.815. The van der Waals surface area contributed by atoms with E-state index in [0.717, 1.165) is 30.4 Å². The van der Waals surface area contributed by atoms with Crippen molar-refractivity contribution in [3.63, 3.8) is 0 Å². The van der Waals surface area contributed by atoms with Gasteiger partial charge in [-0.05, 0) is 25.2 Å². The molecule has 0 aliphatic heterocycles. The maximum atomic E-state index is 4.52. The molecule has 0 saturated carbocycles. The maximum absolute atomic E-state index is 4.52. The van der Waals surface area contributed by atoms with E-state index in [0.29, 0.717) is 0 Å². The van der Waals surface area contributed by atoms with E-state index in [4.69, 9.17) is 0 Å². The fourth-order valence-corrected chi connectivity index (χ4v) is 1.59. The van der Waals surface area contributed by atoms with E-state index >= 15 is 0 Å². The van der Waals surface area contributed by atoms with E-state index in [1.807, 2.05) is 43.4 Å². The first kappa shape index (κ1) is 11.6.